The highest BCUT2D eigenvalue weighted by Crippen LogP contribution is 2.37. The van der Waals surface area contributed by atoms with Crippen LogP contribution >= 0.6 is 0 Å². The number of halogens is 5. The number of aliphatic imine (C=N–C) groups is 1. The van der Waals surface area contributed by atoms with Crippen LogP contribution in [0.4, 0.5) is 33.3 Å². The molecule has 2 aromatic rings. The number of alkyl halides is 4. The van der Waals surface area contributed by atoms with E-state index in [1.165, 1.54) is 6.07 Å². The maximum Gasteiger partial charge on any atom is 0.414 e. The van der Waals surface area contributed by atoms with E-state index < -0.39 is 41.5 Å². The molecule has 3 aliphatic heterocycles. The number of hydrogen-bond acceptors (Lipinski definition) is 5. The molecule has 0 spiro atoms. The number of nitrogens with one attached hydrogen (secondary N) is 1. The van der Waals surface area contributed by atoms with E-state index in [1.54, 1.807) is 30.3 Å². The van der Waals surface area contributed by atoms with Gasteiger partial charge in [-0.05, 0) is 55.3 Å². The number of amides is 2. The summed E-state index contributed by atoms with van der Waals surface area (Å²) >= 11 is 0. The minimum absolute atomic E-state index is 0.226. The van der Waals surface area contributed by atoms with Crippen molar-refractivity contribution in [2.24, 2.45) is 10.9 Å². The lowest BCUT2D eigenvalue weighted by Crippen LogP contribution is -2.44. The predicted molar refractivity (Wildman–Crippen MR) is 151 cm³/mol. The third-order valence-corrected chi connectivity index (χ3v) is 7.94. The van der Waals surface area contributed by atoms with Crippen LogP contribution in [0.3, 0.4) is 0 Å². The van der Waals surface area contributed by atoms with Crippen LogP contribution in [0.2, 0.25) is 0 Å². The first-order chi connectivity index (χ1) is 20.0. The van der Waals surface area contributed by atoms with Crippen LogP contribution in [0, 0.1) is 11.7 Å². The molecule has 5 rings (SSSR count). The SMILES string of the molecule is CN1CCN(c2ccc(-c3cc(CN4CCC(F)CC4)ccc3F)cc2NC(=O)C2C=NC(=O)C=C2C(F)(F)F)CC1. The number of rotatable bonds is 6. The lowest BCUT2D eigenvalue weighted by Gasteiger charge is -2.35. The van der Waals surface area contributed by atoms with Gasteiger partial charge in [0.25, 0.3) is 5.91 Å². The van der Waals surface area contributed by atoms with Crippen molar-refractivity contribution in [2.75, 3.05) is 56.5 Å². The Morgan fingerprint density at radius 1 is 1.02 bits per heavy atom. The van der Waals surface area contributed by atoms with Crippen molar-refractivity contribution >= 4 is 29.4 Å². The van der Waals surface area contributed by atoms with E-state index in [4.69, 9.17) is 0 Å². The fourth-order valence-electron chi connectivity index (χ4n) is 5.50. The molecule has 2 fully saturated rings. The summed E-state index contributed by atoms with van der Waals surface area (Å²) in [6, 6.07) is 9.75. The fraction of sp³-hybridized carbons (Fsp3) is 0.433. The van der Waals surface area contributed by atoms with E-state index in [9.17, 15) is 27.2 Å². The molecule has 42 heavy (non-hydrogen) atoms. The summed E-state index contributed by atoms with van der Waals surface area (Å²) in [5.41, 5.74) is 1.06. The molecular formula is C30H32F5N5O2. The van der Waals surface area contributed by atoms with Gasteiger partial charge in [0.1, 0.15) is 17.9 Å². The molecule has 12 heteroatoms. The number of carbonyl (C=O) groups excluding carboxylic acids is 2. The zero-order chi connectivity index (χ0) is 30.0. The number of dihydropyridines is 1. The molecule has 224 valence electrons. The van der Waals surface area contributed by atoms with Gasteiger partial charge >= 0.3 is 6.18 Å². The molecule has 1 unspecified atom stereocenters. The number of piperidine rings is 1. The van der Waals surface area contributed by atoms with Gasteiger partial charge in [-0.1, -0.05) is 12.1 Å². The second kappa shape index (κ2) is 12.3. The van der Waals surface area contributed by atoms with Crippen LogP contribution in [-0.2, 0) is 16.1 Å². The van der Waals surface area contributed by atoms with Crippen LogP contribution < -0.4 is 10.2 Å². The van der Waals surface area contributed by atoms with E-state index in [2.05, 4.69) is 20.1 Å². The average molecular weight is 590 g/mol. The van der Waals surface area contributed by atoms with Gasteiger partial charge in [0.2, 0.25) is 5.91 Å². The zero-order valence-electron chi connectivity index (χ0n) is 23.1. The van der Waals surface area contributed by atoms with Crippen molar-refractivity contribution < 1.29 is 31.5 Å². The van der Waals surface area contributed by atoms with Gasteiger partial charge in [-0.2, -0.15) is 13.2 Å². The molecule has 2 amide bonds. The first kappa shape index (κ1) is 29.8. The summed E-state index contributed by atoms with van der Waals surface area (Å²) in [6.07, 6.45) is -3.77. The van der Waals surface area contributed by atoms with Gasteiger partial charge in [-0.25, -0.2) is 13.8 Å². The van der Waals surface area contributed by atoms with Gasteiger partial charge in [0.05, 0.1) is 16.9 Å². The highest BCUT2D eigenvalue weighted by Gasteiger charge is 2.43. The summed E-state index contributed by atoms with van der Waals surface area (Å²) in [4.78, 5) is 34.5. The zero-order valence-corrected chi connectivity index (χ0v) is 23.1. The van der Waals surface area contributed by atoms with E-state index in [-0.39, 0.29) is 11.3 Å². The smallest absolute Gasteiger partial charge is 0.367 e. The molecule has 2 aromatic carbocycles. The van der Waals surface area contributed by atoms with Crippen LogP contribution in [0.5, 0.6) is 0 Å². The average Bonchev–Trinajstić information content (AvgIpc) is 2.95. The molecule has 0 radical (unpaired) electrons. The Kier molecular flexibility index (Phi) is 8.74. The number of hydrogen-bond donors (Lipinski definition) is 1. The number of piperazine rings is 1. The Labute approximate surface area is 240 Å². The van der Waals surface area contributed by atoms with Crippen molar-refractivity contribution in [3.8, 4) is 11.1 Å². The van der Waals surface area contributed by atoms with Crippen LogP contribution in [0.25, 0.3) is 11.1 Å². The second-order valence-corrected chi connectivity index (χ2v) is 11.0. The molecule has 2 saturated heterocycles. The number of carbonyl (C=O) groups is 2. The predicted octanol–water partition coefficient (Wildman–Crippen LogP) is 4.83. The molecule has 0 bridgehead atoms. The first-order valence-corrected chi connectivity index (χ1v) is 13.9. The van der Waals surface area contributed by atoms with Crippen molar-refractivity contribution in [2.45, 2.75) is 31.7 Å². The molecule has 0 saturated carbocycles. The van der Waals surface area contributed by atoms with Crippen molar-refractivity contribution in [1.82, 2.24) is 9.80 Å². The van der Waals surface area contributed by atoms with Crippen molar-refractivity contribution in [3.05, 3.63) is 59.4 Å². The third kappa shape index (κ3) is 6.87. The number of anilines is 2. The van der Waals surface area contributed by atoms with Crippen molar-refractivity contribution in [3.63, 3.8) is 0 Å². The minimum atomic E-state index is -4.91. The maximum atomic E-state index is 15.1. The summed E-state index contributed by atoms with van der Waals surface area (Å²) < 4.78 is 69.8. The molecule has 3 aliphatic rings. The summed E-state index contributed by atoms with van der Waals surface area (Å²) in [6.45, 7) is 4.45. The normalized spacial score (nSPS) is 21.0. The fourth-order valence-corrected chi connectivity index (χ4v) is 5.50. The lowest BCUT2D eigenvalue weighted by atomic mass is 9.95. The highest BCUT2D eigenvalue weighted by molar-refractivity contribution is 6.11. The minimum Gasteiger partial charge on any atom is -0.367 e. The number of likely N-dealkylation sites (tertiary alicyclic amines) is 1. The molecule has 3 heterocycles. The van der Waals surface area contributed by atoms with Gasteiger partial charge in [0, 0.05) is 63.7 Å². The van der Waals surface area contributed by atoms with Crippen molar-refractivity contribution in [1.29, 1.82) is 0 Å². The van der Waals surface area contributed by atoms with Gasteiger partial charge in [0.15, 0.2) is 0 Å². The van der Waals surface area contributed by atoms with Gasteiger partial charge < -0.3 is 15.1 Å². The quantitative estimate of drug-likeness (QED) is 0.489. The molecule has 1 N–H and O–H groups in total. The highest BCUT2D eigenvalue weighted by atomic mass is 19.4. The lowest BCUT2D eigenvalue weighted by molar-refractivity contribution is -0.124. The Morgan fingerprint density at radius 2 is 1.74 bits per heavy atom. The Bertz CT molecular complexity index is 1390. The van der Waals surface area contributed by atoms with E-state index in [0.717, 1.165) is 18.7 Å². The molecule has 0 aromatic heterocycles. The standard InChI is InChI=1S/C30H32F5N5O2/c1-38-10-12-40(13-11-38)27-5-3-20(22-14-19(2-4-25(22)32)18-39-8-6-21(31)7-9-39)15-26(27)37-29(42)23-17-36-28(41)16-24(23)30(33,34)35/h2-5,14-17,21,23H,6-13,18H2,1H3,(H,37,42). The molecule has 1 atom stereocenters. The van der Waals surface area contributed by atoms with Gasteiger partial charge in [-0.3, -0.25) is 14.5 Å². The Hall–Kier alpha value is -3.64. The van der Waals surface area contributed by atoms with Crippen LogP contribution in [0.1, 0.15) is 18.4 Å². The van der Waals surface area contributed by atoms with Crippen LogP contribution in [-0.4, -0.2) is 86.5 Å². The topological polar surface area (TPSA) is 68.2 Å². The molecular weight excluding hydrogens is 557 g/mol. The molecule has 7 nitrogen and oxygen atoms in total. The number of nitrogens with zero attached hydrogens (tertiary/aromatic N) is 4. The monoisotopic (exact) mass is 589 g/mol. The summed E-state index contributed by atoms with van der Waals surface area (Å²) in [5.74, 6) is -4.41. The first-order valence-electron chi connectivity index (χ1n) is 13.9. The Morgan fingerprint density at radius 3 is 2.43 bits per heavy atom. The molecule has 0 aliphatic carbocycles. The summed E-state index contributed by atoms with van der Waals surface area (Å²) in [5, 5.41) is 2.62. The van der Waals surface area contributed by atoms with E-state index in [1.807, 2.05) is 11.9 Å². The second-order valence-electron chi connectivity index (χ2n) is 11.0. The third-order valence-electron chi connectivity index (χ3n) is 7.94. The van der Waals surface area contributed by atoms with Crippen LogP contribution in [0.15, 0.2) is 53.0 Å². The summed E-state index contributed by atoms with van der Waals surface area (Å²) in [7, 11) is 1.98. The largest absolute Gasteiger partial charge is 0.414 e. The Balaban J connectivity index is 1.46. The van der Waals surface area contributed by atoms with E-state index >= 15 is 4.39 Å². The number of benzene rings is 2. The van der Waals surface area contributed by atoms with E-state index in [0.29, 0.717) is 69.1 Å². The van der Waals surface area contributed by atoms with Gasteiger partial charge in [-0.15, -0.1) is 0 Å². The maximum absolute atomic E-state index is 15.1. The number of likely N-dealkylation sites (N-methyl/N-ethyl adjacent to an activating group) is 1.